The number of ketones is 1. The van der Waals surface area contributed by atoms with Gasteiger partial charge < -0.3 is 4.42 Å². The summed E-state index contributed by atoms with van der Waals surface area (Å²) < 4.78 is 5.66. The van der Waals surface area contributed by atoms with E-state index in [0.29, 0.717) is 16.7 Å². The molecule has 0 bridgehead atoms. The molecule has 0 unspecified atom stereocenters. The molecule has 1 atom stereocenters. The number of hydrogen-bond donors (Lipinski definition) is 0. The van der Waals surface area contributed by atoms with Crippen molar-refractivity contribution in [3.05, 3.63) is 65.2 Å². The van der Waals surface area contributed by atoms with E-state index in [9.17, 15) is 4.79 Å². The van der Waals surface area contributed by atoms with Crippen molar-refractivity contribution < 1.29 is 9.21 Å². The number of carbonyl (C=O) groups excluding carboxylic acids is 1. The second kappa shape index (κ2) is 7.01. The zero-order valence-corrected chi connectivity index (χ0v) is 14.6. The lowest BCUT2D eigenvalue weighted by molar-refractivity contribution is 0.0993. The Labute approximate surface area is 145 Å². The molecular weight excluding hydrogens is 320 g/mol. The van der Waals surface area contributed by atoms with Gasteiger partial charge in [-0.3, -0.25) is 4.79 Å². The fourth-order valence-corrected chi connectivity index (χ4v) is 3.05. The molecular formula is C19H18N2O2S. The number of aromatic nitrogens is 2. The summed E-state index contributed by atoms with van der Waals surface area (Å²) in [6.45, 7) is 5.90. The molecule has 0 saturated carbocycles. The van der Waals surface area contributed by atoms with Crippen molar-refractivity contribution in [2.45, 2.75) is 31.2 Å². The molecule has 3 aromatic rings. The zero-order valence-electron chi connectivity index (χ0n) is 13.8. The van der Waals surface area contributed by atoms with E-state index in [1.807, 2.05) is 69.3 Å². The van der Waals surface area contributed by atoms with Crippen LogP contribution in [0.1, 0.15) is 28.4 Å². The van der Waals surface area contributed by atoms with Crippen LogP contribution in [-0.2, 0) is 0 Å². The van der Waals surface area contributed by atoms with Crippen LogP contribution in [0.25, 0.3) is 11.5 Å². The van der Waals surface area contributed by atoms with Crippen LogP contribution in [0.2, 0.25) is 0 Å². The number of benzene rings is 2. The molecule has 4 nitrogen and oxygen atoms in total. The van der Waals surface area contributed by atoms with Crippen molar-refractivity contribution in [2.75, 3.05) is 0 Å². The van der Waals surface area contributed by atoms with Crippen LogP contribution in [0.5, 0.6) is 0 Å². The Kier molecular flexibility index (Phi) is 4.81. The summed E-state index contributed by atoms with van der Waals surface area (Å²) in [5.74, 6) is 0.520. The van der Waals surface area contributed by atoms with E-state index in [0.717, 1.165) is 11.1 Å². The molecule has 3 rings (SSSR count). The molecule has 24 heavy (non-hydrogen) atoms. The Bertz CT molecular complexity index is 859. The first-order chi connectivity index (χ1) is 11.5. The molecule has 0 spiro atoms. The minimum absolute atomic E-state index is 0.0579. The average Bonchev–Trinajstić information content (AvgIpc) is 3.06. The van der Waals surface area contributed by atoms with Crippen molar-refractivity contribution in [3.8, 4) is 11.5 Å². The Morgan fingerprint density at radius 2 is 1.79 bits per heavy atom. The summed E-state index contributed by atoms with van der Waals surface area (Å²) in [5, 5.41) is 8.19. The van der Waals surface area contributed by atoms with E-state index < -0.39 is 0 Å². The monoisotopic (exact) mass is 338 g/mol. The summed E-state index contributed by atoms with van der Waals surface area (Å²) in [6.07, 6.45) is 0. The number of carbonyl (C=O) groups is 1. The second-order valence-electron chi connectivity index (χ2n) is 5.66. The molecule has 0 N–H and O–H groups in total. The van der Waals surface area contributed by atoms with Gasteiger partial charge in [-0.15, -0.1) is 10.2 Å². The zero-order chi connectivity index (χ0) is 17.1. The number of Topliss-reactive ketones (excluding diaryl/α,β-unsaturated/α-hetero) is 1. The van der Waals surface area contributed by atoms with Gasteiger partial charge in [0.05, 0.1) is 5.25 Å². The van der Waals surface area contributed by atoms with Crippen molar-refractivity contribution in [1.82, 2.24) is 10.2 Å². The highest BCUT2D eigenvalue weighted by Crippen LogP contribution is 2.28. The summed E-state index contributed by atoms with van der Waals surface area (Å²) in [4.78, 5) is 12.6. The molecule has 0 fully saturated rings. The van der Waals surface area contributed by atoms with E-state index in [1.165, 1.54) is 17.3 Å². The lowest BCUT2D eigenvalue weighted by atomic mass is 10.0. The lowest BCUT2D eigenvalue weighted by Crippen LogP contribution is -2.13. The number of hydrogen-bond acceptors (Lipinski definition) is 5. The molecule has 1 aromatic heterocycles. The Hall–Kier alpha value is -2.40. The Morgan fingerprint density at radius 3 is 2.50 bits per heavy atom. The maximum Gasteiger partial charge on any atom is 0.277 e. The van der Waals surface area contributed by atoms with Crippen LogP contribution in [0.4, 0.5) is 0 Å². The number of thioether (sulfide) groups is 1. The van der Waals surface area contributed by atoms with Crippen LogP contribution >= 0.6 is 11.8 Å². The second-order valence-corrected chi connectivity index (χ2v) is 6.95. The van der Waals surface area contributed by atoms with Gasteiger partial charge >= 0.3 is 0 Å². The molecule has 0 amide bonds. The largest absolute Gasteiger partial charge is 0.411 e. The van der Waals surface area contributed by atoms with E-state index in [-0.39, 0.29) is 11.0 Å². The van der Waals surface area contributed by atoms with E-state index in [4.69, 9.17) is 4.42 Å². The van der Waals surface area contributed by atoms with Crippen LogP contribution in [-0.4, -0.2) is 21.2 Å². The molecule has 0 aliphatic heterocycles. The van der Waals surface area contributed by atoms with Gasteiger partial charge in [0.1, 0.15) is 0 Å². The predicted molar refractivity (Wildman–Crippen MR) is 95.3 cm³/mol. The van der Waals surface area contributed by atoms with Crippen LogP contribution in [0.15, 0.2) is 58.2 Å². The van der Waals surface area contributed by atoms with Crippen molar-refractivity contribution >= 4 is 17.5 Å². The topological polar surface area (TPSA) is 56.0 Å². The number of rotatable bonds is 5. The minimum Gasteiger partial charge on any atom is -0.411 e. The SMILES string of the molecule is Cc1ccc(C(=O)[C@H](C)Sc2nnc(-c3ccccc3)o2)cc1C. The fraction of sp³-hybridized carbons (Fsp3) is 0.211. The maximum atomic E-state index is 12.6. The van der Waals surface area contributed by atoms with E-state index in [1.54, 1.807) is 0 Å². The van der Waals surface area contributed by atoms with Gasteiger partial charge in [-0.05, 0) is 50.1 Å². The molecule has 5 heteroatoms. The van der Waals surface area contributed by atoms with Gasteiger partial charge in [0.2, 0.25) is 5.89 Å². The van der Waals surface area contributed by atoms with Crippen LogP contribution in [0.3, 0.4) is 0 Å². The summed E-state index contributed by atoms with van der Waals surface area (Å²) in [5.41, 5.74) is 3.87. The standard InChI is InChI=1S/C19H18N2O2S/c1-12-9-10-16(11-13(12)2)17(22)14(3)24-19-21-20-18(23-19)15-7-5-4-6-8-15/h4-11,14H,1-3H3/t14-/m0/s1. The van der Waals surface area contributed by atoms with Gasteiger partial charge in [-0.2, -0.15) is 0 Å². The highest BCUT2D eigenvalue weighted by Gasteiger charge is 2.20. The van der Waals surface area contributed by atoms with Gasteiger partial charge in [0.15, 0.2) is 5.78 Å². The summed E-state index contributed by atoms with van der Waals surface area (Å²) >= 11 is 1.28. The number of aryl methyl sites for hydroxylation is 2. The fourth-order valence-electron chi connectivity index (χ4n) is 2.29. The van der Waals surface area contributed by atoms with E-state index >= 15 is 0 Å². The first kappa shape index (κ1) is 16.5. The smallest absolute Gasteiger partial charge is 0.277 e. The van der Waals surface area contributed by atoms with Gasteiger partial charge in [-0.25, -0.2) is 0 Å². The molecule has 1 heterocycles. The Balaban J connectivity index is 1.72. The van der Waals surface area contributed by atoms with Gasteiger partial charge in [0, 0.05) is 11.1 Å². The van der Waals surface area contributed by atoms with Crippen molar-refractivity contribution in [2.24, 2.45) is 0 Å². The third-order valence-electron chi connectivity index (χ3n) is 3.87. The molecule has 0 aliphatic carbocycles. The molecule has 0 radical (unpaired) electrons. The molecule has 122 valence electrons. The lowest BCUT2D eigenvalue weighted by Gasteiger charge is -2.09. The van der Waals surface area contributed by atoms with Gasteiger partial charge in [0.25, 0.3) is 5.22 Å². The normalized spacial score (nSPS) is 12.1. The van der Waals surface area contributed by atoms with Crippen molar-refractivity contribution in [1.29, 1.82) is 0 Å². The number of nitrogens with zero attached hydrogens (tertiary/aromatic N) is 2. The summed E-state index contributed by atoms with van der Waals surface area (Å²) in [6, 6.07) is 15.3. The van der Waals surface area contributed by atoms with E-state index in [2.05, 4.69) is 10.2 Å². The highest BCUT2D eigenvalue weighted by atomic mass is 32.2. The van der Waals surface area contributed by atoms with Crippen molar-refractivity contribution in [3.63, 3.8) is 0 Å². The quantitative estimate of drug-likeness (QED) is 0.498. The summed E-state index contributed by atoms with van der Waals surface area (Å²) in [7, 11) is 0. The molecule has 0 aliphatic rings. The molecule has 2 aromatic carbocycles. The predicted octanol–water partition coefficient (Wildman–Crippen LogP) is 4.72. The molecule has 0 saturated heterocycles. The third-order valence-corrected chi connectivity index (χ3v) is 4.80. The maximum absolute atomic E-state index is 12.6. The third kappa shape index (κ3) is 3.57. The Morgan fingerprint density at radius 1 is 1.04 bits per heavy atom. The van der Waals surface area contributed by atoms with Crippen LogP contribution < -0.4 is 0 Å². The van der Waals surface area contributed by atoms with Crippen LogP contribution in [0, 0.1) is 13.8 Å². The first-order valence-electron chi connectivity index (χ1n) is 7.71. The van der Waals surface area contributed by atoms with Gasteiger partial charge in [-0.1, -0.05) is 42.1 Å². The highest BCUT2D eigenvalue weighted by molar-refractivity contribution is 8.00. The minimum atomic E-state index is -0.295. The average molecular weight is 338 g/mol. The first-order valence-corrected chi connectivity index (χ1v) is 8.59.